The second-order valence-corrected chi connectivity index (χ2v) is 11.3. The number of aryl methyl sites for hydroxylation is 2. The maximum Gasteiger partial charge on any atom is 0.271 e. The van der Waals surface area contributed by atoms with Crippen LogP contribution in [0.15, 0.2) is 30.6 Å². The smallest absolute Gasteiger partial charge is 0.271 e. The van der Waals surface area contributed by atoms with Crippen molar-refractivity contribution in [2.45, 2.75) is 39.5 Å². The summed E-state index contributed by atoms with van der Waals surface area (Å²) in [6, 6.07) is 6.00. The van der Waals surface area contributed by atoms with E-state index in [1.165, 1.54) is 40.1 Å². The van der Waals surface area contributed by atoms with Gasteiger partial charge in [-0.3, -0.25) is 24.8 Å². The fourth-order valence-corrected chi connectivity index (χ4v) is 6.58. The van der Waals surface area contributed by atoms with Gasteiger partial charge in [-0.05, 0) is 56.7 Å². The molecule has 0 unspecified atom stereocenters. The van der Waals surface area contributed by atoms with Gasteiger partial charge in [-0.2, -0.15) is 4.79 Å². The predicted octanol–water partition coefficient (Wildman–Crippen LogP) is 3.80. The molecule has 1 aromatic heterocycles. The average Bonchev–Trinajstić information content (AvgIpc) is 3.45. The third-order valence-electron chi connectivity index (χ3n) is 7.63. The van der Waals surface area contributed by atoms with Crippen molar-refractivity contribution in [2.75, 3.05) is 43.0 Å². The van der Waals surface area contributed by atoms with E-state index in [-0.39, 0.29) is 18.1 Å². The maximum absolute atomic E-state index is 12.6. The summed E-state index contributed by atoms with van der Waals surface area (Å²) in [5, 5.41) is 21.8. The second kappa shape index (κ2) is 10.3. The largest absolute Gasteiger partial charge is 0.325 e. The fourth-order valence-electron chi connectivity index (χ4n) is 5.59. The molecule has 1 fully saturated rings. The molecule has 1 N–H and O–H groups in total. The Morgan fingerprint density at radius 3 is 2.62 bits per heavy atom. The van der Waals surface area contributed by atoms with Crippen molar-refractivity contribution < 1.29 is 9.72 Å². The summed E-state index contributed by atoms with van der Waals surface area (Å²) in [6.07, 6.45) is 6.02. The number of nitrogens with one attached hydrogen (secondary N) is 1. The van der Waals surface area contributed by atoms with Crippen molar-refractivity contribution in [3.05, 3.63) is 62.4 Å². The van der Waals surface area contributed by atoms with Gasteiger partial charge in [0.1, 0.15) is 22.7 Å². The van der Waals surface area contributed by atoms with Crippen LogP contribution in [0.5, 0.6) is 0 Å². The Hall–Kier alpha value is -3.90. The van der Waals surface area contributed by atoms with Gasteiger partial charge >= 0.3 is 0 Å². The zero-order valence-corrected chi connectivity index (χ0v) is 22.8. The standard InChI is InChI=1S/C27H30N8O3S/c1-17-18(2)39-27(30-17)24-21-8-3-4-9-22(21)26-25(24)28-16-29-34(26)33-12-10-32(11-13-33)15-23(36)31-19-6-5-7-20(14-19)35(37)38/h5-7,14,16H,3-4,8-13,15H2,1-2H3,(H,31,36). The van der Waals surface area contributed by atoms with Crippen LogP contribution in [-0.2, 0) is 17.6 Å². The number of carbonyl (C=O) groups is 1. The number of nitro benzene ring substituents is 1. The summed E-state index contributed by atoms with van der Waals surface area (Å²) in [7, 11) is 0. The van der Waals surface area contributed by atoms with E-state index in [4.69, 9.17) is 15.1 Å². The number of amides is 1. The Labute approximate surface area is 229 Å². The van der Waals surface area contributed by atoms with Gasteiger partial charge in [0, 0.05) is 54.4 Å². The van der Waals surface area contributed by atoms with Crippen LogP contribution in [0.1, 0.15) is 34.5 Å². The normalized spacial score (nSPS) is 15.9. The minimum absolute atomic E-state index is 0.0485. The lowest BCUT2D eigenvalue weighted by Gasteiger charge is -2.36. The van der Waals surface area contributed by atoms with E-state index in [2.05, 4.69) is 29.1 Å². The minimum atomic E-state index is -0.470. The molecule has 0 bridgehead atoms. The lowest BCUT2D eigenvalue weighted by molar-refractivity contribution is -0.384. The topological polar surface area (TPSA) is 122 Å². The van der Waals surface area contributed by atoms with Gasteiger partial charge in [-0.1, -0.05) is 6.07 Å². The van der Waals surface area contributed by atoms with Crippen LogP contribution >= 0.6 is 11.3 Å². The van der Waals surface area contributed by atoms with Crippen LogP contribution in [0.3, 0.4) is 0 Å². The zero-order chi connectivity index (χ0) is 27.1. The number of thiazole rings is 1. The van der Waals surface area contributed by atoms with E-state index in [0.29, 0.717) is 31.9 Å². The summed E-state index contributed by atoms with van der Waals surface area (Å²) in [6.45, 7) is 7.22. The molecular weight excluding hydrogens is 516 g/mol. The summed E-state index contributed by atoms with van der Waals surface area (Å²) in [5.41, 5.74) is 7.40. The first-order chi connectivity index (χ1) is 18.9. The van der Waals surface area contributed by atoms with E-state index < -0.39 is 4.92 Å². The van der Waals surface area contributed by atoms with E-state index in [0.717, 1.165) is 41.4 Å². The zero-order valence-electron chi connectivity index (χ0n) is 22.0. The first-order valence-corrected chi connectivity index (χ1v) is 14.0. The van der Waals surface area contributed by atoms with Crippen molar-refractivity contribution in [1.82, 2.24) is 24.8 Å². The number of rotatable bonds is 6. The van der Waals surface area contributed by atoms with Crippen LogP contribution in [0.2, 0.25) is 0 Å². The summed E-state index contributed by atoms with van der Waals surface area (Å²) in [4.78, 5) is 38.2. The van der Waals surface area contributed by atoms with E-state index >= 15 is 0 Å². The Balaban J connectivity index is 1.18. The summed E-state index contributed by atoms with van der Waals surface area (Å²) in [5.74, 6) is -0.190. The van der Waals surface area contributed by atoms with Gasteiger partial charge in [0.25, 0.3) is 5.69 Å². The molecule has 202 valence electrons. The molecule has 0 saturated carbocycles. The highest BCUT2D eigenvalue weighted by atomic mass is 32.1. The van der Waals surface area contributed by atoms with Gasteiger partial charge in [0.2, 0.25) is 5.91 Å². The average molecular weight is 547 g/mol. The van der Waals surface area contributed by atoms with Crippen molar-refractivity contribution in [3.63, 3.8) is 0 Å². The molecule has 1 aromatic carbocycles. The van der Waals surface area contributed by atoms with E-state index in [1.54, 1.807) is 29.8 Å². The molecule has 0 atom stereocenters. The number of fused-ring (bicyclic) bond motifs is 3. The van der Waals surface area contributed by atoms with Gasteiger partial charge in [0.05, 0.1) is 17.2 Å². The predicted molar refractivity (Wildman–Crippen MR) is 150 cm³/mol. The highest BCUT2D eigenvalue weighted by Gasteiger charge is 2.33. The molecule has 11 nitrogen and oxygen atoms in total. The number of piperazine rings is 1. The highest BCUT2D eigenvalue weighted by Crippen LogP contribution is 2.46. The number of hydrogen-bond donors (Lipinski definition) is 1. The molecule has 12 heteroatoms. The maximum atomic E-state index is 12.6. The van der Waals surface area contributed by atoms with Gasteiger partial charge in [-0.25, -0.2) is 9.97 Å². The molecule has 39 heavy (non-hydrogen) atoms. The Bertz CT molecular complexity index is 1500. The van der Waals surface area contributed by atoms with Crippen LogP contribution in [0.4, 0.5) is 11.4 Å². The van der Waals surface area contributed by atoms with E-state index in [9.17, 15) is 14.9 Å². The van der Waals surface area contributed by atoms with Crippen molar-refractivity contribution in [3.8, 4) is 22.0 Å². The number of benzene rings is 1. The van der Waals surface area contributed by atoms with E-state index in [1.807, 2.05) is 4.79 Å². The number of hydrogen-bond acceptors (Lipinski definition) is 9. The first-order valence-electron chi connectivity index (χ1n) is 13.2. The van der Waals surface area contributed by atoms with Crippen molar-refractivity contribution in [1.29, 1.82) is 0 Å². The number of nitrogens with zero attached hydrogens (tertiary/aromatic N) is 7. The summed E-state index contributed by atoms with van der Waals surface area (Å²) < 4.78 is 0. The van der Waals surface area contributed by atoms with Crippen LogP contribution in [0, 0.1) is 24.0 Å². The lowest BCUT2D eigenvalue weighted by Crippen LogP contribution is -2.53. The molecule has 1 amide bonds. The molecular formula is C27H30N8O3S. The first kappa shape index (κ1) is 25.4. The Kier molecular flexibility index (Phi) is 6.73. The molecule has 0 spiro atoms. The third kappa shape index (κ3) is 4.85. The Morgan fingerprint density at radius 1 is 1.13 bits per heavy atom. The molecule has 2 aliphatic carbocycles. The monoisotopic (exact) mass is 546 g/mol. The molecule has 3 heterocycles. The molecule has 2 aromatic rings. The molecule has 6 rings (SSSR count). The number of anilines is 1. The SMILES string of the molecule is Cc1nc(-c2c3ncnn(N4CCN(CC(=O)Nc5cccc([N+](=O)[O-])c5)CC4)c-3c3c2CCCC3)sc1C. The highest BCUT2D eigenvalue weighted by molar-refractivity contribution is 7.15. The number of aromatic nitrogens is 4. The second-order valence-electron chi connectivity index (χ2n) is 10.1. The Morgan fingerprint density at radius 2 is 1.90 bits per heavy atom. The molecule has 2 aliphatic heterocycles. The van der Waals surface area contributed by atoms with Crippen molar-refractivity contribution >= 4 is 28.6 Å². The van der Waals surface area contributed by atoms with Gasteiger partial charge < -0.3 is 5.32 Å². The number of non-ortho nitro benzene ring substituents is 1. The third-order valence-corrected chi connectivity index (χ3v) is 8.72. The van der Waals surface area contributed by atoms with Crippen LogP contribution in [-0.4, -0.2) is 68.3 Å². The quantitative estimate of drug-likeness (QED) is 0.286. The molecule has 1 saturated heterocycles. The minimum Gasteiger partial charge on any atom is -0.325 e. The van der Waals surface area contributed by atoms with Gasteiger partial charge in [0.15, 0.2) is 0 Å². The fraction of sp³-hybridized carbons (Fsp3) is 0.407. The number of nitro groups is 1. The van der Waals surface area contributed by atoms with Crippen LogP contribution < -0.4 is 10.3 Å². The summed E-state index contributed by atoms with van der Waals surface area (Å²) >= 11 is 1.74. The van der Waals surface area contributed by atoms with Gasteiger partial charge in [-0.15, -0.1) is 16.4 Å². The van der Waals surface area contributed by atoms with Crippen LogP contribution in [0.25, 0.3) is 22.0 Å². The molecule has 0 radical (unpaired) electrons. The lowest BCUT2D eigenvalue weighted by atomic mass is 9.93. The molecule has 4 aliphatic rings. The number of carbonyl (C=O) groups excluding carboxylic acids is 1. The van der Waals surface area contributed by atoms with Crippen molar-refractivity contribution in [2.24, 2.45) is 0 Å².